The number of halogens is 1. The van der Waals surface area contributed by atoms with Gasteiger partial charge in [0, 0.05) is 12.6 Å². The number of ether oxygens (including phenoxy) is 1. The number of nitrogens with zero attached hydrogens (tertiary/aromatic N) is 3. The predicted octanol–water partition coefficient (Wildman–Crippen LogP) is 3.55. The standard InChI is InChI=1S/C15H18ClN3O/c1-11(2)19(9-12-7-5-4-6-8-12)15-13(20-3)14(16)17-10-18-15/h4-8,10-11H,9H2,1-3H3. The summed E-state index contributed by atoms with van der Waals surface area (Å²) in [6.45, 7) is 4.96. The second kappa shape index (κ2) is 6.57. The Morgan fingerprint density at radius 1 is 1.20 bits per heavy atom. The van der Waals surface area contributed by atoms with Gasteiger partial charge in [0.15, 0.2) is 16.7 Å². The van der Waals surface area contributed by atoms with Crippen LogP contribution in [0.15, 0.2) is 36.7 Å². The third kappa shape index (κ3) is 3.20. The van der Waals surface area contributed by atoms with Gasteiger partial charge < -0.3 is 9.64 Å². The van der Waals surface area contributed by atoms with E-state index in [1.165, 1.54) is 11.9 Å². The number of hydrogen-bond acceptors (Lipinski definition) is 4. The highest BCUT2D eigenvalue weighted by Crippen LogP contribution is 2.33. The lowest BCUT2D eigenvalue weighted by molar-refractivity contribution is 0.409. The predicted molar refractivity (Wildman–Crippen MR) is 81.4 cm³/mol. The van der Waals surface area contributed by atoms with Crippen molar-refractivity contribution in [2.24, 2.45) is 0 Å². The Morgan fingerprint density at radius 2 is 1.90 bits per heavy atom. The first-order chi connectivity index (χ1) is 9.63. The molecule has 0 aliphatic rings. The van der Waals surface area contributed by atoms with Crippen LogP contribution in [-0.2, 0) is 6.54 Å². The van der Waals surface area contributed by atoms with Crippen molar-refractivity contribution in [2.45, 2.75) is 26.4 Å². The van der Waals surface area contributed by atoms with Crippen LogP contribution in [0.3, 0.4) is 0 Å². The minimum absolute atomic E-state index is 0.259. The third-order valence-corrected chi connectivity index (χ3v) is 3.31. The Kier molecular flexibility index (Phi) is 4.79. The maximum Gasteiger partial charge on any atom is 0.199 e. The highest BCUT2D eigenvalue weighted by molar-refractivity contribution is 6.31. The first kappa shape index (κ1) is 14.6. The summed E-state index contributed by atoms with van der Waals surface area (Å²) in [5, 5.41) is 0.330. The Labute approximate surface area is 124 Å². The van der Waals surface area contributed by atoms with Gasteiger partial charge in [-0.2, -0.15) is 0 Å². The van der Waals surface area contributed by atoms with Gasteiger partial charge in [0.2, 0.25) is 0 Å². The van der Waals surface area contributed by atoms with Crippen LogP contribution in [0.25, 0.3) is 0 Å². The fraction of sp³-hybridized carbons (Fsp3) is 0.333. The Morgan fingerprint density at radius 3 is 2.50 bits per heavy atom. The molecule has 0 bridgehead atoms. The van der Waals surface area contributed by atoms with E-state index in [2.05, 4.69) is 40.8 Å². The molecule has 0 atom stereocenters. The molecule has 20 heavy (non-hydrogen) atoms. The molecule has 0 fully saturated rings. The molecule has 1 aromatic heterocycles. The van der Waals surface area contributed by atoms with E-state index in [9.17, 15) is 0 Å². The molecule has 2 rings (SSSR count). The second-order valence-electron chi connectivity index (χ2n) is 4.73. The van der Waals surface area contributed by atoms with Crippen molar-refractivity contribution in [1.82, 2.24) is 9.97 Å². The van der Waals surface area contributed by atoms with Crippen LogP contribution in [0, 0.1) is 0 Å². The van der Waals surface area contributed by atoms with Crippen molar-refractivity contribution in [1.29, 1.82) is 0 Å². The number of benzene rings is 1. The molecule has 0 aliphatic heterocycles. The van der Waals surface area contributed by atoms with Crippen molar-refractivity contribution >= 4 is 17.4 Å². The van der Waals surface area contributed by atoms with Gasteiger partial charge in [-0.25, -0.2) is 9.97 Å². The highest BCUT2D eigenvalue weighted by atomic mass is 35.5. The topological polar surface area (TPSA) is 38.3 Å². The van der Waals surface area contributed by atoms with Crippen LogP contribution in [0.4, 0.5) is 5.82 Å². The van der Waals surface area contributed by atoms with Gasteiger partial charge in [0.05, 0.1) is 7.11 Å². The summed E-state index contributed by atoms with van der Waals surface area (Å²) in [7, 11) is 1.58. The van der Waals surface area contributed by atoms with Crippen molar-refractivity contribution in [2.75, 3.05) is 12.0 Å². The van der Waals surface area contributed by atoms with Gasteiger partial charge in [0.1, 0.15) is 6.33 Å². The molecule has 4 nitrogen and oxygen atoms in total. The van der Waals surface area contributed by atoms with Crippen molar-refractivity contribution < 1.29 is 4.74 Å². The molecular formula is C15H18ClN3O. The molecule has 1 aromatic carbocycles. The number of anilines is 1. The highest BCUT2D eigenvalue weighted by Gasteiger charge is 2.19. The zero-order valence-corrected chi connectivity index (χ0v) is 12.6. The summed E-state index contributed by atoms with van der Waals surface area (Å²) in [6, 6.07) is 10.5. The largest absolute Gasteiger partial charge is 0.490 e. The lowest BCUT2D eigenvalue weighted by Crippen LogP contribution is -2.31. The van der Waals surface area contributed by atoms with Crippen molar-refractivity contribution in [3.05, 3.63) is 47.4 Å². The zero-order chi connectivity index (χ0) is 14.5. The zero-order valence-electron chi connectivity index (χ0n) is 11.9. The summed E-state index contributed by atoms with van der Waals surface area (Å²) in [4.78, 5) is 10.4. The number of aromatic nitrogens is 2. The normalized spacial score (nSPS) is 10.7. The minimum atomic E-state index is 0.259. The number of methoxy groups -OCH3 is 1. The van der Waals surface area contributed by atoms with Gasteiger partial charge in [0.25, 0.3) is 0 Å². The monoisotopic (exact) mass is 291 g/mol. The van der Waals surface area contributed by atoms with Gasteiger partial charge in [-0.3, -0.25) is 0 Å². The maximum atomic E-state index is 6.08. The van der Waals surface area contributed by atoms with E-state index in [-0.39, 0.29) is 6.04 Å². The van der Waals surface area contributed by atoms with Crippen molar-refractivity contribution in [3.8, 4) is 5.75 Å². The number of rotatable bonds is 5. The minimum Gasteiger partial charge on any atom is -0.490 e. The van der Waals surface area contributed by atoms with Gasteiger partial charge in [-0.15, -0.1) is 0 Å². The molecule has 0 radical (unpaired) electrons. The molecule has 0 saturated carbocycles. The lowest BCUT2D eigenvalue weighted by Gasteiger charge is -2.29. The number of hydrogen-bond donors (Lipinski definition) is 0. The Balaban J connectivity index is 2.37. The summed E-state index contributed by atoms with van der Waals surface area (Å²) < 4.78 is 5.35. The quantitative estimate of drug-likeness (QED) is 0.790. The SMILES string of the molecule is COc1c(Cl)ncnc1N(Cc1ccccc1)C(C)C. The summed E-state index contributed by atoms with van der Waals surface area (Å²) in [6.07, 6.45) is 1.46. The molecule has 0 aliphatic carbocycles. The summed E-state index contributed by atoms with van der Waals surface area (Å²) >= 11 is 6.08. The van der Waals surface area contributed by atoms with Crippen LogP contribution in [0.5, 0.6) is 5.75 Å². The van der Waals surface area contributed by atoms with Crippen LogP contribution in [0.1, 0.15) is 19.4 Å². The van der Waals surface area contributed by atoms with E-state index in [1.807, 2.05) is 18.2 Å². The van der Waals surface area contributed by atoms with E-state index in [0.717, 1.165) is 6.54 Å². The molecule has 0 N–H and O–H groups in total. The van der Waals surface area contributed by atoms with E-state index in [0.29, 0.717) is 16.7 Å². The van der Waals surface area contributed by atoms with Crippen molar-refractivity contribution in [3.63, 3.8) is 0 Å². The molecule has 0 amide bonds. The smallest absolute Gasteiger partial charge is 0.199 e. The van der Waals surface area contributed by atoms with E-state index >= 15 is 0 Å². The second-order valence-corrected chi connectivity index (χ2v) is 5.09. The van der Waals surface area contributed by atoms with Crippen LogP contribution in [-0.4, -0.2) is 23.1 Å². The maximum absolute atomic E-state index is 6.08. The molecule has 106 valence electrons. The van der Waals surface area contributed by atoms with Gasteiger partial charge in [-0.05, 0) is 19.4 Å². The third-order valence-electron chi connectivity index (χ3n) is 3.04. The fourth-order valence-electron chi connectivity index (χ4n) is 2.01. The summed E-state index contributed by atoms with van der Waals surface area (Å²) in [5.74, 6) is 1.23. The molecular weight excluding hydrogens is 274 g/mol. The Bertz CT molecular complexity index is 560. The van der Waals surface area contributed by atoms with Crippen LogP contribution < -0.4 is 9.64 Å². The molecule has 0 saturated heterocycles. The molecule has 0 unspecified atom stereocenters. The Hall–Kier alpha value is -1.81. The van der Waals surface area contributed by atoms with Crippen LogP contribution in [0.2, 0.25) is 5.15 Å². The van der Waals surface area contributed by atoms with E-state index in [1.54, 1.807) is 7.11 Å². The average molecular weight is 292 g/mol. The lowest BCUT2D eigenvalue weighted by atomic mass is 10.2. The first-order valence-corrected chi connectivity index (χ1v) is 6.86. The summed E-state index contributed by atoms with van der Waals surface area (Å²) in [5.41, 5.74) is 1.21. The molecule has 0 spiro atoms. The first-order valence-electron chi connectivity index (χ1n) is 6.48. The molecule has 5 heteroatoms. The van der Waals surface area contributed by atoms with Gasteiger partial charge >= 0.3 is 0 Å². The fourth-order valence-corrected chi connectivity index (χ4v) is 2.21. The van der Waals surface area contributed by atoms with Crippen LogP contribution >= 0.6 is 11.6 Å². The van der Waals surface area contributed by atoms with E-state index in [4.69, 9.17) is 16.3 Å². The average Bonchev–Trinajstić information content (AvgIpc) is 2.45. The van der Waals surface area contributed by atoms with Gasteiger partial charge in [-0.1, -0.05) is 41.9 Å². The molecule has 2 aromatic rings. The van der Waals surface area contributed by atoms with E-state index < -0.39 is 0 Å². The molecule has 1 heterocycles.